The average molecular weight is 824 g/mol. The quantitative estimate of drug-likeness (QED) is 0.0526. The second-order valence-electron chi connectivity index (χ2n) is 13.1. The highest BCUT2D eigenvalue weighted by atomic mass is 32.2. The summed E-state index contributed by atoms with van der Waals surface area (Å²) < 4.78 is 68.5. The summed E-state index contributed by atoms with van der Waals surface area (Å²) in [6, 6.07) is 37.8. The Bertz CT molecular complexity index is 3300. The smallest absolute Gasteiger partial charge is 0.295 e. The summed E-state index contributed by atoms with van der Waals surface area (Å²) in [7, 11) is -9.52. The molecule has 0 saturated heterocycles. The summed E-state index contributed by atoms with van der Waals surface area (Å²) in [4.78, 5) is -1.06. The number of hydrogen-bond acceptors (Lipinski definition) is 13. The Morgan fingerprint density at radius 3 is 1.42 bits per heavy atom. The molecule has 292 valence electrons. The maximum atomic E-state index is 12.5. The van der Waals surface area contributed by atoms with E-state index in [9.17, 15) is 36.2 Å². The van der Waals surface area contributed by atoms with Crippen LogP contribution in [0.1, 0.15) is 0 Å². The lowest BCUT2D eigenvalue weighted by Gasteiger charge is -2.11. The number of fused-ring (bicyclic) bond motifs is 3. The lowest BCUT2D eigenvalue weighted by molar-refractivity contribution is 0.464. The van der Waals surface area contributed by atoms with Gasteiger partial charge in [-0.1, -0.05) is 78.9 Å². The second-order valence-corrected chi connectivity index (χ2v) is 15.9. The molecule has 0 bridgehead atoms. The van der Waals surface area contributed by atoms with Crippen molar-refractivity contribution in [3.8, 4) is 22.6 Å². The highest BCUT2D eigenvalue weighted by Crippen LogP contribution is 2.47. The number of phenolic OH excluding ortho intramolecular Hbond substituents is 2. The van der Waals surface area contributed by atoms with Crippen LogP contribution in [0.15, 0.2) is 180 Å². The SMILES string of the molecule is Nc1ccc(N=Nc2ccc(-c3ccc(N=Nc4ccc5c(S(=O)(=O)O)cc(N=Nc6ccc(S(=O)(=O)O)c7ccccc67)c(O)c5c4O)cc3)cc2)c2ccccc12. The zero-order chi connectivity index (χ0) is 41.5. The van der Waals surface area contributed by atoms with Crippen molar-refractivity contribution in [3.05, 3.63) is 140 Å². The van der Waals surface area contributed by atoms with Gasteiger partial charge in [-0.15, -0.1) is 20.5 Å². The second kappa shape index (κ2) is 15.1. The van der Waals surface area contributed by atoms with Crippen molar-refractivity contribution in [3.63, 3.8) is 0 Å². The lowest BCUT2D eigenvalue weighted by Crippen LogP contribution is -1.99. The zero-order valence-corrected chi connectivity index (χ0v) is 31.9. The molecule has 59 heavy (non-hydrogen) atoms. The van der Waals surface area contributed by atoms with Crippen LogP contribution >= 0.6 is 0 Å². The molecule has 0 spiro atoms. The van der Waals surface area contributed by atoms with Crippen LogP contribution in [0, 0.1) is 0 Å². The maximum Gasteiger partial charge on any atom is 0.295 e. The first-order chi connectivity index (χ1) is 28.3. The Labute approximate surface area is 335 Å². The normalized spacial score (nSPS) is 12.5. The lowest BCUT2D eigenvalue weighted by atomic mass is 10.1. The molecular formula is C42H29N7O8S2. The molecule has 0 saturated carbocycles. The van der Waals surface area contributed by atoms with Gasteiger partial charge in [0.2, 0.25) is 0 Å². The zero-order valence-electron chi connectivity index (χ0n) is 30.3. The number of phenols is 2. The van der Waals surface area contributed by atoms with Crippen LogP contribution in [0.4, 0.5) is 39.8 Å². The summed E-state index contributed by atoms with van der Waals surface area (Å²) in [5.74, 6) is -1.35. The summed E-state index contributed by atoms with van der Waals surface area (Å²) in [6.07, 6.45) is 0. The van der Waals surface area contributed by atoms with E-state index in [1.54, 1.807) is 30.3 Å². The topological polar surface area (TPSA) is 249 Å². The molecule has 0 fully saturated rings. The molecule has 0 aliphatic rings. The molecule has 0 unspecified atom stereocenters. The predicted molar refractivity (Wildman–Crippen MR) is 224 cm³/mol. The van der Waals surface area contributed by atoms with Crippen molar-refractivity contribution in [1.29, 1.82) is 0 Å². The Hall–Kier alpha value is -7.44. The Morgan fingerprint density at radius 1 is 0.407 bits per heavy atom. The molecule has 15 nitrogen and oxygen atoms in total. The molecular weight excluding hydrogens is 795 g/mol. The van der Waals surface area contributed by atoms with Gasteiger partial charge in [-0.3, -0.25) is 9.11 Å². The molecule has 8 aromatic carbocycles. The first-order valence-corrected chi connectivity index (χ1v) is 20.4. The van der Waals surface area contributed by atoms with E-state index in [1.165, 1.54) is 30.3 Å². The molecule has 17 heteroatoms. The molecule has 8 aromatic rings. The average Bonchev–Trinajstić information content (AvgIpc) is 3.22. The van der Waals surface area contributed by atoms with E-state index >= 15 is 0 Å². The largest absolute Gasteiger partial charge is 0.505 e. The van der Waals surface area contributed by atoms with Gasteiger partial charge >= 0.3 is 0 Å². The van der Waals surface area contributed by atoms with Crippen LogP contribution in [0.2, 0.25) is 0 Å². The number of benzene rings is 8. The molecule has 8 rings (SSSR count). The Morgan fingerprint density at radius 2 is 0.847 bits per heavy atom. The standard InChI is InChI=1S/C42H29N7O8S2/c43-33-18-20-34(29-6-2-1-5-28(29)33)46-44-26-13-9-24(10-14-26)25-11-15-27(16-12-25)45-48-36-19-17-32-39(59(55,56)57)23-37(42(51)40(32)41(36)50)49-47-35-21-22-38(58(52,53)54)31-8-4-3-7-30(31)35/h1-23,50-51H,43H2,(H,52,53,54)(H,55,56,57). The van der Waals surface area contributed by atoms with Crippen LogP contribution in [-0.4, -0.2) is 36.2 Å². The molecule has 0 aliphatic carbocycles. The number of azo groups is 3. The molecule has 0 heterocycles. The Kier molecular flexibility index (Phi) is 9.86. The van der Waals surface area contributed by atoms with Gasteiger partial charge in [-0.05, 0) is 71.8 Å². The van der Waals surface area contributed by atoms with E-state index in [4.69, 9.17) is 5.73 Å². The van der Waals surface area contributed by atoms with E-state index < -0.39 is 47.7 Å². The third-order valence-corrected chi connectivity index (χ3v) is 11.2. The fraction of sp³-hybridized carbons (Fsp3) is 0. The first kappa shape index (κ1) is 38.4. The van der Waals surface area contributed by atoms with E-state index in [1.807, 2.05) is 66.7 Å². The van der Waals surface area contributed by atoms with Crippen LogP contribution < -0.4 is 5.73 Å². The Balaban J connectivity index is 1.05. The number of nitrogens with two attached hydrogens (primary N) is 1. The van der Waals surface area contributed by atoms with Crippen LogP contribution in [0.3, 0.4) is 0 Å². The highest BCUT2D eigenvalue weighted by molar-refractivity contribution is 7.86. The minimum atomic E-state index is -4.93. The number of nitrogens with zero attached hydrogens (tertiary/aromatic N) is 6. The summed E-state index contributed by atoms with van der Waals surface area (Å²) in [6.45, 7) is 0. The van der Waals surface area contributed by atoms with Crippen molar-refractivity contribution in [2.75, 3.05) is 5.73 Å². The van der Waals surface area contributed by atoms with Gasteiger partial charge in [0.25, 0.3) is 20.2 Å². The molecule has 0 atom stereocenters. The number of hydrogen-bond donors (Lipinski definition) is 5. The molecule has 6 N–H and O–H groups in total. The van der Waals surface area contributed by atoms with Gasteiger partial charge in [0.1, 0.15) is 21.2 Å². The van der Waals surface area contributed by atoms with Crippen molar-refractivity contribution < 1.29 is 36.2 Å². The minimum Gasteiger partial charge on any atom is -0.505 e. The minimum absolute atomic E-state index is 0.0986. The van der Waals surface area contributed by atoms with Gasteiger partial charge < -0.3 is 15.9 Å². The fourth-order valence-corrected chi connectivity index (χ4v) is 7.93. The van der Waals surface area contributed by atoms with Crippen LogP contribution in [0.5, 0.6) is 11.5 Å². The first-order valence-electron chi connectivity index (χ1n) is 17.5. The number of aromatic hydroxyl groups is 2. The van der Waals surface area contributed by atoms with Gasteiger partial charge in [-0.25, -0.2) is 0 Å². The maximum absolute atomic E-state index is 12.5. The molecule has 0 amide bonds. The van der Waals surface area contributed by atoms with E-state index in [-0.39, 0.29) is 32.4 Å². The third kappa shape index (κ3) is 7.68. The van der Waals surface area contributed by atoms with Gasteiger partial charge in [0.05, 0.1) is 28.1 Å². The van der Waals surface area contributed by atoms with E-state index in [2.05, 4.69) is 30.7 Å². The number of nitrogen functional groups attached to an aromatic ring is 1. The third-order valence-electron chi connectivity index (χ3n) is 9.40. The molecule has 0 aromatic heterocycles. The van der Waals surface area contributed by atoms with Crippen LogP contribution in [-0.2, 0) is 20.2 Å². The molecule has 0 aliphatic heterocycles. The van der Waals surface area contributed by atoms with E-state index in [0.29, 0.717) is 22.7 Å². The van der Waals surface area contributed by atoms with Gasteiger partial charge in [0, 0.05) is 32.6 Å². The predicted octanol–water partition coefficient (Wildman–Crippen LogP) is 11.5. The summed E-state index contributed by atoms with van der Waals surface area (Å²) in [5.41, 5.74) is 9.81. The van der Waals surface area contributed by atoms with Crippen molar-refractivity contribution in [2.24, 2.45) is 30.7 Å². The number of anilines is 1. The van der Waals surface area contributed by atoms with Crippen molar-refractivity contribution in [2.45, 2.75) is 9.79 Å². The monoisotopic (exact) mass is 823 g/mol. The number of rotatable bonds is 9. The van der Waals surface area contributed by atoms with Crippen molar-refractivity contribution in [1.82, 2.24) is 0 Å². The van der Waals surface area contributed by atoms with Crippen LogP contribution in [0.25, 0.3) is 43.4 Å². The van der Waals surface area contributed by atoms with Gasteiger partial charge in [-0.2, -0.15) is 27.1 Å². The van der Waals surface area contributed by atoms with Crippen molar-refractivity contribution >= 4 is 92.4 Å². The highest BCUT2D eigenvalue weighted by Gasteiger charge is 2.24. The summed E-state index contributed by atoms with van der Waals surface area (Å²) in [5, 5.41) is 49.3. The van der Waals surface area contributed by atoms with E-state index in [0.717, 1.165) is 34.0 Å². The molecule has 0 radical (unpaired) electrons. The fourth-order valence-electron chi connectivity index (χ4n) is 6.53. The summed E-state index contributed by atoms with van der Waals surface area (Å²) >= 11 is 0. The van der Waals surface area contributed by atoms with Gasteiger partial charge in [0.15, 0.2) is 11.5 Å².